The van der Waals surface area contributed by atoms with E-state index in [1.54, 1.807) is 11.0 Å². The molecule has 0 radical (unpaired) electrons. The minimum absolute atomic E-state index is 0.0362. The van der Waals surface area contributed by atoms with E-state index in [1.807, 2.05) is 6.92 Å². The lowest BCUT2D eigenvalue weighted by Crippen LogP contribution is -2.48. The van der Waals surface area contributed by atoms with Crippen LogP contribution in [-0.2, 0) is 15.8 Å². The van der Waals surface area contributed by atoms with Crippen molar-refractivity contribution in [1.29, 1.82) is 0 Å². The van der Waals surface area contributed by atoms with Gasteiger partial charge >= 0.3 is 12.1 Å². The molecule has 1 aliphatic heterocycles. The quantitative estimate of drug-likeness (QED) is 0.903. The molecule has 1 amide bonds. The van der Waals surface area contributed by atoms with E-state index in [2.05, 4.69) is 0 Å². The topological polar surface area (TPSA) is 57.6 Å². The Kier molecular flexibility index (Phi) is 4.51. The van der Waals surface area contributed by atoms with E-state index in [0.29, 0.717) is 24.8 Å². The van der Waals surface area contributed by atoms with Gasteiger partial charge in [-0.2, -0.15) is 13.2 Å². The average molecular weight is 355 g/mol. The van der Waals surface area contributed by atoms with E-state index >= 15 is 0 Å². The minimum atomic E-state index is -4.40. The smallest absolute Gasteiger partial charge is 0.416 e. The van der Waals surface area contributed by atoms with Gasteiger partial charge in [-0.15, -0.1) is 0 Å². The summed E-state index contributed by atoms with van der Waals surface area (Å²) in [6.45, 7) is 2.07. The van der Waals surface area contributed by atoms with Gasteiger partial charge in [0.15, 0.2) is 0 Å². The van der Waals surface area contributed by atoms with Crippen LogP contribution in [0.15, 0.2) is 24.3 Å². The Morgan fingerprint density at radius 3 is 2.60 bits per heavy atom. The van der Waals surface area contributed by atoms with Gasteiger partial charge in [0.2, 0.25) is 5.91 Å². The zero-order chi connectivity index (χ0) is 18.4. The molecule has 2 fully saturated rings. The van der Waals surface area contributed by atoms with Gasteiger partial charge in [-0.1, -0.05) is 18.2 Å². The van der Waals surface area contributed by atoms with Crippen molar-refractivity contribution in [3.05, 3.63) is 35.4 Å². The lowest BCUT2D eigenvalue weighted by Gasteiger charge is -2.36. The van der Waals surface area contributed by atoms with Crippen LogP contribution in [0, 0.1) is 11.8 Å². The summed E-state index contributed by atoms with van der Waals surface area (Å²) >= 11 is 0. The summed E-state index contributed by atoms with van der Waals surface area (Å²) in [6.07, 6.45) is -2.72. The van der Waals surface area contributed by atoms with E-state index in [9.17, 15) is 27.9 Å². The van der Waals surface area contributed by atoms with Crippen molar-refractivity contribution in [2.45, 2.75) is 44.3 Å². The summed E-state index contributed by atoms with van der Waals surface area (Å²) < 4.78 is 38.5. The number of halogens is 3. The Morgan fingerprint density at radius 1 is 1.24 bits per heavy atom. The number of carbonyl (C=O) groups is 2. The van der Waals surface area contributed by atoms with Gasteiger partial charge in [-0.3, -0.25) is 9.59 Å². The molecule has 4 nitrogen and oxygen atoms in total. The Labute approximate surface area is 143 Å². The van der Waals surface area contributed by atoms with Crippen molar-refractivity contribution in [3.63, 3.8) is 0 Å². The van der Waals surface area contributed by atoms with Crippen LogP contribution in [0.4, 0.5) is 13.2 Å². The highest BCUT2D eigenvalue weighted by Crippen LogP contribution is 2.50. The number of hydrogen-bond donors (Lipinski definition) is 1. The van der Waals surface area contributed by atoms with E-state index in [1.165, 1.54) is 6.07 Å². The number of hydrogen-bond acceptors (Lipinski definition) is 2. The number of rotatable bonds is 3. The van der Waals surface area contributed by atoms with Crippen molar-refractivity contribution in [2.24, 2.45) is 11.8 Å². The summed E-state index contributed by atoms with van der Waals surface area (Å²) in [4.78, 5) is 25.5. The molecule has 1 N–H and O–H groups in total. The van der Waals surface area contributed by atoms with Crippen LogP contribution in [0.5, 0.6) is 0 Å². The van der Waals surface area contributed by atoms with E-state index in [4.69, 9.17) is 0 Å². The van der Waals surface area contributed by atoms with Gasteiger partial charge in [-0.25, -0.2) is 0 Å². The number of piperidine rings is 1. The van der Waals surface area contributed by atoms with Crippen LogP contribution in [0.3, 0.4) is 0 Å². The van der Waals surface area contributed by atoms with Gasteiger partial charge in [0.05, 0.1) is 11.5 Å². The fourth-order valence-electron chi connectivity index (χ4n) is 3.61. The summed E-state index contributed by atoms with van der Waals surface area (Å²) in [5.74, 6) is -2.17. The molecule has 0 spiro atoms. The zero-order valence-electron chi connectivity index (χ0n) is 13.8. The van der Waals surface area contributed by atoms with Gasteiger partial charge in [-0.05, 0) is 43.7 Å². The van der Waals surface area contributed by atoms with Crippen LogP contribution in [0.25, 0.3) is 0 Å². The maximum atomic E-state index is 12.8. The molecule has 0 aromatic heterocycles. The normalized spacial score (nSPS) is 29.4. The summed E-state index contributed by atoms with van der Waals surface area (Å²) in [5.41, 5.74) is -0.187. The maximum absolute atomic E-state index is 12.8. The molecule has 1 saturated carbocycles. The summed E-state index contributed by atoms with van der Waals surface area (Å²) in [7, 11) is 0. The molecule has 4 unspecified atom stereocenters. The molecule has 1 heterocycles. The number of nitrogens with zero attached hydrogens (tertiary/aromatic N) is 1. The number of aliphatic carboxylic acids is 1. The SMILES string of the molecule is CC1CCC(C(=O)O)CN1C(=O)C1CC1c1cccc(C(F)(F)F)c1. The van der Waals surface area contributed by atoms with Gasteiger partial charge in [0.1, 0.15) is 0 Å². The van der Waals surface area contributed by atoms with E-state index < -0.39 is 23.6 Å². The molecular weight excluding hydrogens is 335 g/mol. The molecule has 3 rings (SSSR count). The number of carboxylic acid groups (broad SMARTS) is 1. The van der Waals surface area contributed by atoms with Crippen LogP contribution >= 0.6 is 0 Å². The fourth-order valence-corrected chi connectivity index (χ4v) is 3.61. The van der Waals surface area contributed by atoms with Crippen LogP contribution in [0.2, 0.25) is 0 Å². The van der Waals surface area contributed by atoms with Crippen molar-refractivity contribution >= 4 is 11.9 Å². The lowest BCUT2D eigenvalue weighted by atomic mass is 9.93. The summed E-state index contributed by atoms with van der Waals surface area (Å²) in [5, 5.41) is 9.17. The molecular formula is C18H20F3NO3. The highest BCUT2D eigenvalue weighted by atomic mass is 19.4. The van der Waals surface area contributed by atoms with Crippen LogP contribution in [0.1, 0.15) is 43.2 Å². The second-order valence-corrected chi connectivity index (χ2v) is 7.02. The fraction of sp³-hybridized carbons (Fsp3) is 0.556. The van der Waals surface area contributed by atoms with Crippen molar-refractivity contribution in [2.75, 3.05) is 6.54 Å². The highest BCUT2D eigenvalue weighted by molar-refractivity contribution is 5.84. The van der Waals surface area contributed by atoms with E-state index in [-0.39, 0.29) is 30.3 Å². The average Bonchev–Trinajstić information content (AvgIpc) is 3.34. The first-order valence-corrected chi connectivity index (χ1v) is 8.39. The highest BCUT2D eigenvalue weighted by Gasteiger charge is 2.48. The third-order valence-electron chi connectivity index (χ3n) is 5.26. The van der Waals surface area contributed by atoms with E-state index in [0.717, 1.165) is 12.1 Å². The van der Waals surface area contributed by atoms with Crippen molar-refractivity contribution in [1.82, 2.24) is 4.90 Å². The molecule has 7 heteroatoms. The largest absolute Gasteiger partial charge is 0.481 e. The first-order chi connectivity index (χ1) is 11.7. The first-order valence-electron chi connectivity index (χ1n) is 8.39. The number of carboxylic acids is 1. The second-order valence-electron chi connectivity index (χ2n) is 7.02. The number of likely N-dealkylation sites (tertiary alicyclic amines) is 1. The Hall–Kier alpha value is -2.05. The third kappa shape index (κ3) is 3.65. The lowest BCUT2D eigenvalue weighted by molar-refractivity contribution is -0.147. The third-order valence-corrected chi connectivity index (χ3v) is 5.26. The second kappa shape index (κ2) is 6.35. The Balaban J connectivity index is 1.70. The Bertz CT molecular complexity index is 688. The molecule has 1 aliphatic carbocycles. The molecule has 2 aliphatic rings. The molecule has 25 heavy (non-hydrogen) atoms. The van der Waals surface area contributed by atoms with Gasteiger partial charge < -0.3 is 10.0 Å². The van der Waals surface area contributed by atoms with Crippen molar-refractivity contribution < 1.29 is 27.9 Å². The monoisotopic (exact) mass is 355 g/mol. The Morgan fingerprint density at radius 2 is 1.96 bits per heavy atom. The number of carbonyl (C=O) groups excluding carboxylic acids is 1. The zero-order valence-corrected chi connectivity index (χ0v) is 13.8. The molecule has 1 aromatic rings. The molecule has 0 bridgehead atoms. The first kappa shape index (κ1) is 17.8. The predicted molar refractivity (Wildman–Crippen MR) is 83.8 cm³/mol. The molecule has 1 aromatic carbocycles. The predicted octanol–water partition coefficient (Wildman–Crippen LogP) is 3.52. The molecule has 1 saturated heterocycles. The van der Waals surface area contributed by atoms with Gasteiger partial charge in [0.25, 0.3) is 0 Å². The molecule has 4 atom stereocenters. The van der Waals surface area contributed by atoms with Crippen LogP contribution in [-0.4, -0.2) is 34.5 Å². The van der Waals surface area contributed by atoms with Crippen LogP contribution < -0.4 is 0 Å². The minimum Gasteiger partial charge on any atom is -0.481 e. The maximum Gasteiger partial charge on any atom is 0.416 e. The number of amides is 1. The summed E-state index contributed by atoms with van der Waals surface area (Å²) in [6, 6.07) is 5.07. The number of benzene rings is 1. The van der Waals surface area contributed by atoms with Gasteiger partial charge in [0, 0.05) is 18.5 Å². The molecule has 136 valence electrons. The standard InChI is InChI=1S/C18H20F3NO3/c1-10-5-6-12(17(24)25)9-22(10)16(23)15-8-14(15)11-3-2-4-13(7-11)18(19,20)21/h2-4,7,10,12,14-15H,5-6,8-9H2,1H3,(H,24,25). The number of alkyl halides is 3. The van der Waals surface area contributed by atoms with Crippen molar-refractivity contribution in [3.8, 4) is 0 Å².